The van der Waals surface area contributed by atoms with Gasteiger partial charge in [-0.3, -0.25) is 0 Å². The summed E-state index contributed by atoms with van der Waals surface area (Å²) in [4.78, 5) is 11.4. The van der Waals surface area contributed by atoms with Crippen molar-refractivity contribution < 1.29 is 18.7 Å². The normalized spacial score (nSPS) is 10.7. The minimum atomic E-state index is -1.27. The van der Waals surface area contributed by atoms with Crippen LogP contribution in [-0.2, 0) is 0 Å². The highest BCUT2D eigenvalue weighted by molar-refractivity contribution is 5.93. The predicted molar refractivity (Wildman–Crippen MR) is 78.4 cm³/mol. The molecule has 3 aromatic rings. The Bertz CT molecular complexity index is 889. The first kappa shape index (κ1) is 14.8. The molecule has 0 spiro atoms. The zero-order chi connectivity index (χ0) is 16.6. The number of aryl methyl sites for hydroxylation is 1. The lowest BCUT2D eigenvalue weighted by Gasteiger charge is -2.08. The fourth-order valence-corrected chi connectivity index (χ4v) is 2.19. The van der Waals surface area contributed by atoms with E-state index in [1.165, 1.54) is 35.0 Å². The van der Waals surface area contributed by atoms with Crippen molar-refractivity contribution in [3.8, 4) is 16.9 Å². The Morgan fingerprint density at radius 2 is 1.83 bits per heavy atom. The highest BCUT2D eigenvalue weighted by Crippen LogP contribution is 2.26. The molecule has 3 rings (SSSR count). The van der Waals surface area contributed by atoms with Gasteiger partial charge in [0.15, 0.2) is 5.69 Å². The summed E-state index contributed by atoms with van der Waals surface area (Å²) in [7, 11) is 0. The predicted octanol–water partition coefficient (Wildman–Crippen LogP) is 3.22. The first-order valence-electron chi connectivity index (χ1n) is 6.69. The second-order valence-corrected chi connectivity index (χ2v) is 4.94. The average Bonchev–Trinajstić information content (AvgIpc) is 2.96. The molecule has 0 bridgehead atoms. The van der Waals surface area contributed by atoms with Crippen LogP contribution in [0.5, 0.6) is 0 Å². The number of carboxylic acid groups (broad SMARTS) is 1. The molecule has 0 aliphatic rings. The Hall–Kier alpha value is -3.09. The molecular formula is C16H11F2N3O2. The van der Waals surface area contributed by atoms with Crippen LogP contribution in [0.2, 0.25) is 0 Å². The van der Waals surface area contributed by atoms with Gasteiger partial charge in [-0.1, -0.05) is 11.3 Å². The molecule has 0 fully saturated rings. The molecule has 0 amide bonds. The summed E-state index contributed by atoms with van der Waals surface area (Å²) in [6.45, 7) is 1.62. The molecular weight excluding hydrogens is 304 g/mol. The summed E-state index contributed by atoms with van der Waals surface area (Å²) < 4.78 is 28.1. The molecule has 0 aliphatic carbocycles. The van der Waals surface area contributed by atoms with Crippen LogP contribution in [-0.4, -0.2) is 26.1 Å². The lowest BCUT2D eigenvalue weighted by Crippen LogP contribution is -2.04. The van der Waals surface area contributed by atoms with Crippen LogP contribution >= 0.6 is 0 Å². The van der Waals surface area contributed by atoms with Crippen molar-refractivity contribution in [2.75, 3.05) is 0 Å². The second-order valence-electron chi connectivity index (χ2n) is 4.94. The Morgan fingerprint density at radius 3 is 2.43 bits per heavy atom. The maximum absolute atomic E-state index is 13.8. The maximum atomic E-state index is 13.8. The van der Waals surface area contributed by atoms with Crippen molar-refractivity contribution in [2.24, 2.45) is 0 Å². The first-order valence-corrected chi connectivity index (χ1v) is 6.69. The Morgan fingerprint density at radius 1 is 1.13 bits per heavy atom. The van der Waals surface area contributed by atoms with E-state index in [9.17, 15) is 18.7 Å². The van der Waals surface area contributed by atoms with Crippen molar-refractivity contribution in [3.63, 3.8) is 0 Å². The topological polar surface area (TPSA) is 68.0 Å². The van der Waals surface area contributed by atoms with Crippen LogP contribution in [0.1, 0.15) is 16.1 Å². The molecule has 5 nitrogen and oxygen atoms in total. The number of rotatable bonds is 3. The summed E-state index contributed by atoms with van der Waals surface area (Å²) in [6.07, 6.45) is 0. The number of hydrogen-bond acceptors (Lipinski definition) is 3. The zero-order valence-electron chi connectivity index (χ0n) is 12.0. The van der Waals surface area contributed by atoms with E-state index in [0.29, 0.717) is 16.8 Å². The summed E-state index contributed by atoms with van der Waals surface area (Å²) >= 11 is 0. The lowest BCUT2D eigenvalue weighted by molar-refractivity contribution is 0.0691. The number of nitrogens with zero attached hydrogens (tertiary/aromatic N) is 3. The van der Waals surface area contributed by atoms with Crippen molar-refractivity contribution >= 4 is 5.97 Å². The molecule has 0 radical (unpaired) electrons. The SMILES string of the molecule is Cc1ccc(-n2nnc(C(=O)O)c2-c2ccc(F)cc2)cc1F. The minimum Gasteiger partial charge on any atom is -0.476 e. The maximum Gasteiger partial charge on any atom is 0.358 e. The van der Waals surface area contributed by atoms with Crippen LogP contribution in [0, 0.1) is 18.6 Å². The van der Waals surface area contributed by atoms with E-state index in [4.69, 9.17) is 0 Å². The van der Waals surface area contributed by atoms with E-state index in [1.54, 1.807) is 19.1 Å². The van der Waals surface area contributed by atoms with Gasteiger partial charge in [0.2, 0.25) is 0 Å². The number of carbonyl (C=O) groups is 1. The highest BCUT2D eigenvalue weighted by Gasteiger charge is 2.22. The Balaban J connectivity index is 2.23. The van der Waals surface area contributed by atoms with E-state index >= 15 is 0 Å². The van der Waals surface area contributed by atoms with Crippen molar-refractivity contribution in [2.45, 2.75) is 6.92 Å². The number of halogens is 2. The highest BCUT2D eigenvalue weighted by atomic mass is 19.1. The molecule has 1 N–H and O–H groups in total. The molecule has 0 saturated carbocycles. The summed E-state index contributed by atoms with van der Waals surface area (Å²) in [5.74, 6) is -2.17. The average molecular weight is 315 g/mol. The van der Waals surface area contributed by atoms with Crippen molar-refractivity contribution in [1.82, 2.24) is 15.0 Å². The quantitative estimate of drug-likeness (QED) is 0.806. The van der Waals surface area contributed by atoms with Gasteiger partial charge < -0.3 is 5.11 Å². The molecule has 2 aromatic carbocycles. The number of hydrogen-bond donors (Lipinski definition) is 1. The summed E-state index contributed by atoms with van der Waals surface area (Å²) in [6, 6.07) is 9.64. The van der Waals surface area contributed by atoms with Crippen LogP contribution < -0.4 is 0 Å². The van der Waals surface area contributed by atoms with Gasteiger partial charge in [-0.15, -0.1) is 5.10 Å². The van der Waals surface area contributed by atoms with Gasteiger partial charge in [0.25, 0.3) is 0 Å². The van der Waals surface area contributed by atoms with Crippen LogP contribution in [0.25, 0.3) is 16.9 Å². The van der Waals surface area contributed by atoms with E-state index < -0.39 is 17.6 Å². The second kappa shape index (κ2) is 5.60. The molecule has 0 unspecified atom stereocenters. The van der Waals surface area contributed by atoms with Crippen molar-refractivity contribution in [3.05, 3.63) is 65.4 Å². The van der Waals surface area contributed by atoms with Gasteiger partial charge in [-0.2, -0.15) is 0 Å². The van der Waals surface area contributed by atoms with Gasteiger partial charge in [0, 0.05) is 5.56 Å². The van der Waals surface area contributed by atoms with E-state index in [0.717, 1.165) is 0 Å². The third-order valence-corrected chi connectivity index (χ3v) is 3.39. The third-order valence-electron chi connectivity index (χ3n) is 3.39. The Kier molecular flexibility index (Phi) is 3.61. The zero-order valence-corrected chi connectivity index (χ0v) is 12.0. The van der Waals surface area contributed by atoms with Crippen molar-refractivity contribution in [1.29, 1.82) is 0 Å². The van der Waals surface area contributed by atoms with Gasteiger partial charge in [-0.25, -0.2) is 18.3 Å². The van der Waals surface area contributed by atoms with Crippen LogP contribution in [0.3, 0.4) is 0 Å². The number of benzene rings is 2. The van der Waals surface area contributed by atoms with Gasteiger partial charge in [-0.05, 0) is 48.9 Å². The summed E-state index contributed by atoms with van der Waals surface area (Å²) in [5, 5.41) is 16.7. The molecule has 0 atom stereocenters. The smallest absolute Gasteiger partial charge is 0.358 e. The molecule has 116 valence electrons. The molecule has 0 aliphatic heterocycles. The number of aromatic nitrogens is 3. The first-order chi connectivity index (χ1) is 11.0. The monoisotopic (exact) mass is 315 g/mol. The van der Waals surface area contributed by atoms with E-state index in [1.807, 2.05) is 0 Å². The van der Waals surface area contributed by atoms with E-state index in [-0.39, 0.29) is 11.4 Å². The van der Waals surface area contributed by atoms with Gasteiger partial charge in [0.1, 0.15) is 17.3 Å². The minimum absolute atomic E-state index is 0.153. The van der Waals surface area contributed by atoms with Crippen LogP contribution in [0.4, 0.5) is 8.78 Å². The number of aromatic carboxylic acids is 1. The molecule has 1 aromatic heterocycles. The van der Waals surface area contributed by atoms with E-state index in [2.05, 4.69) is 10.3 Å². The van der Waals surface area contributed by atoms with Crippen LogP contribution in [0.15, 0.2) is 42.5 Å². The largest absolute Gasteiger partial charge is 0.476 e. The molecule has 1 heterocycles. The fraction of sp³-hybridized carbons (Fsp3) is 0.0625. The molecule has 23 heavy (non-hydrogen) atoms. The third kappa shape index (κ3) is 2.68. The molecule has 0 saturated heterocycles. The molecule has 7 heteroatoms. The standard InChI is InChI=1S/C16H11F2N3O2/c1-9-2-7-12(8-13(9)18)21-15(14(16(22)23)19-20-21)10-3-5-11(17)6-4-10/h2-8H,1H3,(H,22,23). The fourth-order valence-electron chi connectivity index (χ4n) is 2.19. The lowest BCUT2D eigenvalue weighted by atomic mass is 10.1. The summed E-state index contributed by atoms with van der Waals surface area (Å²) in [5.41, 5.74) is 1.05. The van der Waals surface area contributed by atoms with Gasteiger partial charge in [0.05, 0.1) is 5.69 Å². The Labute approximate surface area is 129 Å². The van der Waals surface area contributed by atoms with Gasteiger partial charge >= 0.3 is 5.97 Å². The number of carboxylic acids is 1.